The Labute approximate surface area is 208 Å². The van der Waals surface area contributed by atoms with Crippen LogP contribution in [-0.2, 0) is 21.6 Å². The molecule has 1 amide bonds. The van der Waals surface area contributed by atoms with Gasteiger partial charge < -0.3 is 14.3 Å². The van der Waals surface area contributed by atoms with Gasteiger partial charge in [0.1, 0.15) is 12.3 Å². The number of anilines is 1. The number of aromatic nitrogens is 1. The molecule has 1 heterocycles. The number of aliphatic carboxylic acids is 1. The Bertz CT molecular complexity index is 1420. The number of aryl methyl sites for hydroxylation is 2. The van der Waals surface area contributed by atoms with Crippen LogP contribution in [0.15, 0.2) is 77.2 Å². The van der Waals surface area contributed by atoms with Crippen molar-refractivity contribution in [3.05, 3.63) is 95.4 Å². The lowest BCUT2D eigenvalue weighted by molar-refractivity contribution is -0.140. The molecular formula is C29H26N2O5. The van der Waals surface area contributed by atoms with E-state index in [1.807, 2.05) is 79.7 Å². The Kier molecular flexibility index (Phi) is 6.06. The predicted molar refractivity (Wildman–Crippen MR) is 136 cm³/mol. The third-order valence-electron chi connectivity index (χ3n) is 6.66. The fraction of sp³-hybridized carbons (Fsp3) is 0.207. The summed E-state index contributed by atoms with van der Waals surface area (Å²) < 4.78 is 11.0. The third-order valence-corrected chi connectivity index (χ3v) is 6.66. The average Bonchev–Trinajstić information content (AvgIpc) is 3.62. The quantitative estimate of drug-likeness (QED) is 0.312. The van der Waals surface area contributed by atoms with Crippen molar-refractivity contribution in [3.63, 3.8) is 0 Å². The Hall–Kier alpha value is -4.39. The predicted octanol–water partition coefficient (Wildman–Crippen LogP) is 6.49. The van der Waals surface area contributed by atoms with Gasteiger partial charge in [-0.05, 0) is 47.6 Å². The summed E-state index contributed by atoms with van der Waals surface area (Å²) in [6.07, 6.45) is 0.745. The molecule has 1 fully saturated rings. The molecule has 1 aliphatic carbocycles. The number of ether oxygens (including phenoxy) is 1. The number of benzene rings is 3. The van der Waals surface area contributed by atoms with E-state index in [1.54, 1.807) is 6.92 Å². The summed E-state index contributed by atoms with van der Waals surface area (Å²) in [5, 5.41) is 12.2. The molecule has 0 unspecified atom stereocenters. The number of oxazole rings is 1. The zero-order chi connectivity index (χ0) is 25.3. The van der Waals surface area contributed by atoms with E-state index in [2.05, 4.69) is 10.3 Å². The Morgan fingerprint density at radius 1 is 0.944 bits per heavy atom. The zero-order valence-corrected chi connectivity index (χ0v) is 20.1. The van der Waals surface area contributed by atoms with Gasteiger partial charge in [-0.1, -0.05) is 72.8 Å². The van der Waals surface area contributed by atoms with Gasteiger partial charge in [-0.15, -0.1) is 0 Å². The van der Waals surface area contributed by atoms with Crippen LogP contribution in [-0.4, -0.2) is 22.2 Å². The number of hydrogen-bond donors (Lipinski definition) is 2. The molecule has 0 bridgehead atoms. The fourth-order valence-corrected chi connectivity index (χ4v) is 4.30. The van der Waals surface area contributed by atoms with E-state index < -0.39 is 17.5 Å². The Morgan fingerprint density at radius 3 is 2.17 bits per heavy atom. The molecule has 0 saturated heterocycles. The molecule has 7 heteroatoms. The highest BCUT2D eigenvalue weighted by molar-refractivity contribution is 5.88. The van der Waals surface area contributed by atoms with Crippen LogP contribution in [0.1, 0.15) is 35.4 Å². The first-order chi connectivity index (χ1) is 17.4. The summed E-state index contributed by atoms with van der Waals surface area (Å²) in [4.78, 5) is 28.4. The largest absolute Gasteiger partial charge is 0.481 e. The lowest BCUT2D eigenvalue weighted by Crippen LogP contribution is -2.19. The van der Waals surface area contributed by atoms with Crippen molar-refractivity contribution in [2.45, 2.75) is 38.7 Å². The Morgan fingerprint density at radius 2 is 1.56 bits per heavy atom. The molecule has 0 atom stereocenters. The molecule has 0 aliphatic heterocycles. The minimum absolute atomic E-state index is 0.155. The highest BCUT2D eigenvalue weighted by Crippen LogP contribution is 2.48. The summed E-state index contributed by atoms with van der Waals surface area (Å²) in [6.45, 7) is 3.83. The van der Waals surface area contributed by atoms with Gasteiger partial charge >= 0.3 is 12.1 Å². The molecule has 182 valence electrons. The number of carboxylic acids is 1. The van der Waals surface area contributed by atoms with E-state index in [0.717, 1.165) is 33.4 Å². The van der Waals surface area contributed by atoms with Crippen molar-refractivity contribution >= 4 is 17.9 Å². The highest BCUT2D eigenvalue weighted by Gasteiger charge is 2.51. The lowest BCUT2D eigenvalue weighted by atomic mass is 9.93. The summed E-state index contributed by atoms with van der Waals surface area (Å²) >= 11 is 0. The number of rotatable bonds is 7. The van der Waals surface area contributed by atoms with Gasteiger partial charge in [0.25, 0.3) is 0 Å². The maximum atomic E-state index is 12.4. The number of nitrogens with one attached hydrogen (secondary N) is 1. The van der Waals surface area contributed by atoms with E-state index >= 15 is 0 Å². The molecule has 3 aromatic carbocycles. The molecule has 1 saturated carbocycles. The minimum atomic E-state index is -0.758. The van der Waals surface area contributed by atoms with Crippen molar-refractivity contribution in [2.75, 3.05) is 5.32 Å². The first kappa shape index (κ1) is 23.4. The molecule has 36 heavy (non-hydrogen) atoms. The standard InChI is InChI=1S/C29H26N2O5/c1-18-5-3-4-6-23(18)17-35-28(34)31-26-25(30-19(2)36-26)22-9-7-20(8-10-22)21-11-13-24(14-12-21)29(15-16-29)27(32)33/h3-14H,15-17H2,1-2H3,(H,31,34)(H,32,33). The Balaban J connectivity index is 1.29. The maximum Gasteiger partial charge on any atom is 0.414 e. The molecule has 0 spiro atoms. The number of amides is 1. The van der Waals surface area contributed by atoms with Crippen LogP contribution in [0.4, 0.5) is 10.7 Å². The van der Waals surface area contributed by atoms with Crippen molar-refractivity contribution < 1.29 is 23.8 Å². The van der Waals surface area contributed by atoms with E-state index in [9.17, 15) is 14.7 Å². The van der Waals surface area contributed by atoms with Crippen LogP contribution < -0.4 is 5.32 Å². The second-order valence-corrected chi connectivity index (χ2v) is 9.08. The van der Waals surface area contributed by atoms with Crippen molar-refractivity contribution in [1.29, 1.82) is 0 Å². The lowest BCUT2D eigenvalue weighted by Gasteiger charge is -2.11. The van der Waals surface area contributed by atoms with Crippen LogP contribution in [0.25, 0.3) is 22.4 Å². The van der Waals surface area contributed by atoms with Crippen LogP contribution in [0.2, 0.25) is 0 Å². The topological polar surface area (TPSA) is 102 Å². The molecule has 5 rings (SSSR count). The van der Waals surface area contributed by atoms with Gasteiger partial charge in [-0.25, -0.2) is 9.78 Å². The summed E-state index contributed by atoms with van der Waals surface area (Å²) in [7, 11) is 0. The summed E-state index contributed by atoms with van der Waals surface area (Å²) in [5.41, 5.74) is 5.38. The number of nitrogens with zero attached hydrogens (tertiary/aromatic N) is 1. The van der Waals surface area contributed by atoms with E-state index in [0.29, 0.717) is 24.4 Å². The van der Waals surface area contributed by atoms with Gasteiger partial charge in [0.2, 0.25) is 5.88 Å². The van der Waals surface area contributed by atoms with Crippen LogP contribution >= 0.6 is 0 Å². The second-order valence-electron chi connectivity index (χ2n) is 9.08. The minimum Gasteiger partial charge on any atom is -0.481 e. The normalized spacial score (nSPS) is 13.7. The summed E-state index contributed by atoms with van der Waals surface area (Å²) in [6, 6.07) is 23.1. The van der Waals surface area contributed by atoms with E-state index in [4.69, 9.17) is 9.15 Å². The third kappa shape index (κ3) is 4.60. The van der Waals surface area contributed by atoms with Crippen LogP contribution in [0, 0.1) is 13.8 Å². The number of hydrogen-bond acceptors (Lipinski definition) is 5. The summed E-state index contributed by atoms with van der Waals surface area (Å²) in [5.74, 6) is -0.111. The second kappa shape index (κ2) is 9.34. The van der Waals surface area contributed by atoms with Gasteiger partial charge in [0.15, 0.2) is 5.89 Å². The number of carboxylic acid groups (broad SMARTS) is 1. The van der Waals surface area contributed by atoms with E-state index in [1.165, 1.54) is 0 Å². The van der Waals surface area contributed by atoms with Gasteiger partial charge in [0.05, 0.1) is 5.41 Å². The fourth-order valence-electron chi connectivity index (χ4n) is 4.30. The van der Waals surface area contributed by atoms with Gasteiger partial charge in [0, 0.05) is 12.5 Å². The average molecular weight is 483 g/mol. The molecule has 4 aromatic rings. The van der Waals surface area contributed by atoms with Crippen molar-refractivity contribution in [3.8, 4) is 22.4 Å². The molecule has 1 aromatic heterocycles. The molecular weight excluding hydrogens is 456 g/mol. The van der Waals surface area contributed by atoms with Gasteiger partial charge in [-0.2, -0.15) is 0 Å². The first-order valence-corrected chi connectivity index (χ1v) is 11.8. The van der Waals surface area contributed by atoms with Crippen molar-refractivity contribution in [1.82, 2.24) is 4.98 Å². The zero-order valence-electron chi connectivity index (χ0n) is 20.1. The molecule has 0 radical (unpaired) electrons. The first-order valence-electron chi connectivity index (χ1n) is 11.8. The van der Waals surface area contributed by atoms with Crippen molar-refractivity contribution in [2.24, 2.45) is 0 Å². The number of carbonyl (C=O) groups excluding carboxylic acids is 1. The smallest absolute Gasteiger partial charge is 0.414 e. The molecule has 2 N–H and O–H groups in total. The van der Waals surface area contributed by atoms with Crippen LogP contribution in [0.5, 0.6) is 0 Å². The monoisotopic (exact) mass is 482 g/mol. The number of carbonyl (C=O) groups is 2. The highest BCUT2D eigenvalue weighted by atomic mass is 16.6. The van der Waals surface area contributed by atoms with E-state index in [-0.39, 0.29) is 12.5 Å². The molecule has 1 aliphatic rings. The SMILES string of the molecule is Cc1nc(-c2ccc(-c3ccc(C4(C(=O)O)CC4)cc3)cc2)c(NC(=O)OCc2ccccc2C)o1. The van der Waals surface area contributed by atoms with Crippen LogP contribution in [0.3, 0.4) is 0 Å². The molecule has 7 nitrogen and oxygen atoms in total. The van der Waals surface area contributed by atoms with Gasteiger partial charge in [-0.3, -0.25) is 10.1 Å². The maximum absolute atomic E-state index is 12.4.